The van der Waals surface area contributed by atoms with Gasteiger partial charge in [-0.3, -0.25) is 14.9 Å². The summed E-state index contributed by atoms with van der Waals surface area (Å²) in [5.74, 6) is -0.746. The topological polar surface area (TPSA) is 104 Å². The third-order valence-electron chi connectivity index (χ3n) is 4.60. The maximum absolute atomic E-state index is 12.8. The highest BCUT2D eigenvalue weighted by atomic mass is 35.5. The zero-order valence-corrected chi connectivity index (χ0v) is 18.6. The van der Waals surface area contributed by atoms with Gasteiger partial charge in [0.1, 0.15) is 5.50 Å². The number of nitrogens with one attached hydrogen (secondary N) is 3. The lowest BCUT2D eigenvalue weighted by Crippen LogP contribution is -2.59. The molecule has 0 aliphatic carbocycles. The number of carbonyl (C=O) groups is 2. The largest absolute Gasteiger partial charge is 0.331 e. The third kappa shape index (κ3) is 5.54. The quantitative estimate of drug-likeness (QED) is 0.577. The number of benzene rings is 2. The predicted molar refractivity (Wildman–Crippen MR) is 119 cm³/mol. The molecule has 10 heteroatoms. The molecule has 1 saturated heterocycles. The minimum atomic E-state index is -3.81. The second-order valence-corrected chi connectivity index (χ2v) is 10.4. The summed E-state index contributed by atoms with van der Waals surface area (Å²) >= 11 is 6.98. The van der Waals surface area contributed by atoms with Crippen LogP contribution in [-0.4, -0.2) is 43.3 Å². The molecule has 160 valence electrons. The molecule has 2 amide bonds. The summed E-state index contributed by atoms with van der Waals surface area (Å²) in [6.07, 6.45) is 0.802. The van der Waals surface area contributed by atoms with E-state index in [0.717, 1.165) is 12.0 Å². The summed E-state index contributed by atoms with van der Waals surface area (Å²) in [7, 11) is -3.81. The fourth-order valence-corrected chi connectivity index (χ4v) is 5.34. The van der Waals surface area contributed by atoms with Crippen molar-refractivity contribution in [2.45, 2.75) is 29.0 Å². The van der Waals surface area contributed by atoms with Gasteiger partial charge in [0.05, 0.1) is 10.6 Å². The van der Waals surface area contributed by atoms with E-state index in [-0.39, 0.29) is 23.1 Å². The molecule has 3 N–H and O–H groups in total. The van der Waals surface area contributed by atoms with E-state index >= 15 is 0 Å². The van der Waals surface area contributed by atoms with Crippen molar-refractivity contribution < 1.29 is 18.0 Å². The summed E-state index contributed by atoms with van der Waals surface area (Å²) < 4.78 is 25.6. The number of rotatable bonds is 7. The fourth-order valence-electron chi connectivity index (χ4n) is 2.90. The van der Waals surface area contributed by atoms with E-state index in [1.165, 1.54) is 23.9 Å². The summed E-state index contributed by atoms with van der Waals surface area (Å²) in [6, 6.07) is 13.3. The Hall–Kier alpha value is -2.07. The van der Waals surface area contributed by atoms with Gasteiger partial charge in [-0.15, -0.1) is 11.8 Å². The van der Waals surface area contributed by atoms with Crippen LogP contribution < -0.4 is 16.0 Å². The Morgan fingerprint density at radius 3 is 2.43 bits per heavy atom. The van der Waals surface area contributed by atoms with E-state index in [1.807, 2.05) is 6.92 Å². The highest BCUT2D eigenvalue weighted by Gasteiger charge is 2.38. The average molecular weight is 468 g/mol. The minimum Gasteiger partial charge on any atom is -0.331 e. The van der Waals surface area contributed by atoms with Gasteiger partial charge < -0.3 is 10.6 Å². The van der Waals surface area contributed by atoms with Crippen LogP contribution >= 0.6 is 23.4 Å². The molecule has 0 bridgehead atoms. The van der Waals surface area contributed by atoms with Gasteiger partial charge in [-0.2, -0.15) is 0 Å². The van der Waals surface area contributed by atoms with Crippen LogP contribution in [-0.2, 0) is 25.8 Å². The molecule has 2 atom stereocenters. The van der Waals surface area contributed by atoms with Crippen LogP contribution in [0.5, 0.6) is 0 Å². The van der Waals surface area contributed by atoms with Gasteiger partial charge in [0.25, 0.3) is 0 Å². The molecule has 0 radical (unpaired) electrons. The number of sulfone groups is 1. The average Bonchev–Trinajstić information content (AvgIpc) is 2.74. The zero-order valence-electron chi connectivity index (χ0n) is 16.2. The molecule has 1 heterocycles. The molecule has 3 rings (SSSR count). The molecule has 1 fully saturated rings. The number of hydrogen-bond donors (Lipinski definition) is 3. The van der Waals surface area contributed by atoms with Crippen LogP contribution in [0.3, 0.4) is 0 Å². The smallest absolute Gasteiger partial charge is 0.241 e. The molecule has 1 aliphatic rings. The van der Waals surface area contributed by atoms with Gasteiger partial charge >= 0.3 is 0 Å². The van der Waals surface area contributed by atoms with Crippen LogP contribution in [0.25, 0.3) is 0 Å². The Kier molecular flexibility index (Phi) is 7.41. The predicted octanol–water partition coefficient (Wildman–Crippen LogP) is 2.42. The molecule has 7 nitrogen and oxygen atoms in total. The van der Waals surface area contributed by atoms with Gasteiger partial charge in [-0.25, -0.2) is 8.42 Å². The molecule has 1 aliphatic heterocycles. The van der Waals surface area contributed by atoms with Crippen molar-refractivity contribution in [3.8, 4) is 0 Å². The van der Waals surface area contributed by atoms with E-state index in [1.54, 1.807) is 36.4 Å². The molecule has 0 aromatic heterocycles. The van der Waals surface area contributed by atoms with Crippen LogP contribution in [0.2, 0.25) is 5.02 Å². The third-order valence-corrected chi connectivity index (χ3v) is 7.96. The monoisotopic (exact) mass is 467 g/mol. The van der Waals surface area contributed by atoms with E-state index in [2.05, 4.69) is 16.0 Å². The first kappa shape index (κ1) is 22.6. The highest BCUT2D eigenvalue weighted by molar-refractivity contribution is 8.00. The SMILES string of the molecule is CCc1ccc(S(=O)(=O)C2CNC(SCC(=O)Nc3ccc(Cl)cc3)NC2=O)cc1. The van der Waals surface area contributed by atoms with Crippen molar-refractivity contribution in [2.75, 3.05) is 17.6 Å². The molecular weight excluding hydrogens is 446 g/mol. The van der Waals surface area contributed by atoms with Gasteiger partial charge in [-0.05, 0) is 48.4 Å². The lowest BCUT2D eigenvalue weighted by molar-refractivity contribution is -0.122. The maximum Gasteiger partial charge on any atom is 0.241 e. The number of amides is 2. The minimum absolute atomic E-state index is 0.0276. The molecule has 2 aromatic rings. The summed E-state index contributed by atoms with van der Waals surface area (Å²) in [5, 5.41) is 7.69. The summed E-state index contributed by atoms with van der Waals surface area (Å²) in [6.45, 7) is 1.95. The van der Waals surface area contributed by atoms with Crippen LogP contribution in [0.1, 0.15) is 12.5 Å². The Morgan fingerprint density at radius 2 is 1.83 bits per heavy atom. The maximum atomic E-state index is 12.8. The van der Waals surface area contributed by atoms with Gasteiger partial charge in [0.15, 0.2) is 15.1 Å². The van der Waals surface area contributed by atoms with Crippen LogP contribution in [0.15, 0.2) is 53.4 Å². The number of carbonyl (C=O) groups excluding carboxylic acids is 2. The number of anilines is 1. The molecule has 2 aromatic carbocycles. The van der Waals surface area contributed by atoms with Crippen LogP contribution in [0.4, 0.5) is 5.69 Å². The van der Waals surface area contributed by atoms with Gasteiger partial charge in [-0.1, -0.05) is 30.7 Å². The molecule has 30 heavy (non-hydrogen) atoms. The summed E-state index contributed by atoms with van der Waals surface area (Å²) in [5.41, 5.74) is 1.08. The zero-order chi connectivity index (χ0) is 21.7. The van der Waals surface area contributed by atoms with Crippen molar-refractivity contribution in [1.82, 2.24) is 10.6 Å². The van der Waals surface area contributed by atoms with Crippen molar-refractivity contribution in [3.63, 3.8) is 0 Å². The van der Waals surface area contributed by atoms with Crippen molar-refractivity contribution in [2.24, 2.45) is 0 Å². The van der Waals surface area contributed by atoms with E-state index in [4.69, 9.17) is 11.6 Å². The van der Waals surface area contributed by atoms with Gasteiger partial charge in [0, 0.05) is 17.3 Å². The molecular formula is C20H22ClN3O4S2. The Labute approximate surface area is 184 Å². The number of halogens is 1. The number of hydrogen-bond acceptors (Lipinski definition) is 6. The number of aryl methyl sites for hydroxylation is 1. The number of thioether (sulfide) groups is 1. The highest BCUT2D eigenvalue weighted by Crippen LogP contribution is 2.21. The second kappa shape index (κ2) is 9.82. The molecule has 2 unspecified atom stereocenters. The first-order chi connectivity index (χ1) is 14.3. The first-order valence-corrected chi connectivity index (χ1v) is 12.3. The van der Waals surface area contributed by atoms with E-state index in [0.29, 0.717) is 10.7 Å². The lowest BCUT2D eigenvalue weighted by atomic mass is 10.2. The second-order valence-electron chi connectivity index (χ2n) is 6.69. The standard InChI is InChI=1S/C20H22ClN3O4S2/c1-2-13-3-9-16(10-4-13)30(27,28)17-11-22-20(24-19(17)26)29-12-18(25)23-15-7-5-14(21)6-8-15/h3-10,17,20,22H,2,11-12H2,1H3,(H,23,25)(H,24,26). The fraction of sp³-hybridized carbons (Fsp3) is 0.300. The van der Waals surface area contributed by atoms with Gasteiger partial charge in [0.2, 0.25) is 11.8 Å². The first-order valence-electron chi connectivity index (χ1n) is 9.33. The Balaban J connectivity index is 1.53. The summed E-state index contributed by atoms with van der Waals surface area (Å²) in [4.78, 5) is 24.7. The van der Waals surface area contributed by atoms with E-state index in [9.17, 15) is 18.0 Å². The molecule has 0 spiro atoms. The normalized spacial score (nSPS) is 19.2. The Morgan fingerprint density at radius 1 is 1.17 bits per heavy atom. The van der Waals surface area contributed by atoms with Crippen molar-refractivity contribution in [3.05, 3.63) is 59.1 Å². The van der Waals surface area contributed by atoms with Crippen molar-refractivity contribution in [1.29, 1.82) is 0 Å². The van der Waals surface area contributed by atoms with Crippen LogP contribution in [0, 0.1) is 0 Å². The Bertz CT molecular complexity index is 1010. The lowest BCUT2D eigenvalue weighted by Gasteiger charge is -2.29. The van der Waals surface area contributed by atoms with E-state index < -0.39 is 26.5 Å². The molecule has 0 saturated carbocycles. The van der Waals surface area contributed by atoms with Crippen molar-refractivity contribution >= 4 is 50.7 Å².